The van der Waals surface area contributed by atoms with E-state index < -0.39 is 47.1 Å². The van der Waals surface area contributed by atoms with E-state index in [1.807, 2.05) is 0 Å². The van der Waals surface area contributed by atoms with Gasteiger partial charge in [-0.1, -0.05) is 0 Å². The van der Waals surface area contributed by atoms with Gasteiger partial charge in [0.2, 0.25) is 11.5 Å². The third kappa shape index (κ3) is 6.89. The SMILES string of the molecule is COc1cc(C(=O)NCC(O)(c2cc3c(c(-c4ccc(F)cc4)n2)OC[C@]3(C)C(N)=O)C(F)(F)F)ccc1OCCN1CCN(C)CC1. The standard InChI is InChI=1S/C33H37F4N5O6/c1-31(30(38)44)19-48-28-23(31)17-26(40-27(28)20-4-7-22(34)8-5-20)32(45,33(35,36)37)18-39-29(43)21-6-9-24(25(16-21)46-3)47-15-14-42-12-10-41(2)11-13-42/h4-9,16-17,45H,10-15,18-19H2,1-3H3,(H2,38,44)(H,39,43)/t31-,32?/m0/s1. The second kappa shape index (κ2) is 13.6. The molecule has 258 valence electrons. The number of fused-ring (bicyclic) bond motifs is 1. The first-order valence-electron chi connectivity index (χ1n) is 15.2. The van der Waals surface area contributed by atoms with Crippen LogP contribution >= 0.6 is 0 Å². The molecule has 0 spiro atoms. The zero-order chi connectivity index (χ0) is 34.9. The zero-order valence-corrected chi connectivity index (χ0v) is 26.7. The minimum absolute atomic E-state index is 0.0295. The van der Waals surface area contributed by atoms with Crippen molar-refractivity contribution in [1.82, 2.24) is 20.1 Å². The van der Waals surface area contributed by atoms with E-state index in [2.05, 4.69) is 27.1 Å². The summed E-state index contributed by atoms with van der Waals surface area (Å²) in [5.74, 6) is -1.91. The summed E-state index contributed by atoms with van der Waals surface area (Å²) in [6, 6.07) is 9.76. The second-order valence-electron chi connectivity index (χ2n) is 12.1. The van der Waals surface area contributed by atoms with Gasteiger partial charge in [0.15, 0.2) is 11.5 Å². The first-order chi connectivity index (χ1) is 22.7. The molecule has 1 aromatic heterocycles. The van der Waals surface area contributed by atoms with E-state index in [1.165, 1.54) is 44.4 Å². The fourth-order valence-electron chi connectivity index (χ4n) is 5.53. The Hall–Kier alpha value is -4.47. The number of rotatable bonds is 11. The van der Waals surface area contributed by atoms with Crippen LogP contribution in [0.2, 0.25) is 0 Å². The quantitative estimate of drug-likeness (QED) is 0.262. The van der Waals surface area contributed by atoms with Crippen molar-refractivity contribution in [2.75, 3.05) is 66.6 Å². The molecule has 5 rings (SSSR count). The van der Waals surface area contributed by atoms with Crippen LogP contribution < -0.4 is 25.3 Å². The lowest BCUT2D eigenvalue weighted by Gasteiger charge is -2.32. The summed E-state index contributed by atoms with van der Waals surface area (Å²) in [5, 5.41) is 13.4. The molecule has 4 N–H and O–H groups in total. The van der Waals surface area contributed by atoms with Gasteiger partial charge in [0.25, 0.3) is 5.91 Å². The van der Waals surface area contributed by atoms with Crippen molar-refractivity contribution < 1.29 is 46.5 Å². The number of halogens is 4. The minimum atomic E-state index is -5.36. The summed E-state index contributed by atoms with van der Waals surface area (Å²) in [6.07, 6.45) is -5.36. The van der Waals surface area contributed by atoms with Crippen LogP contribution in [0.4, 0.5) is 17.6 Å². The number of aliphatic hydroxyl groups is 1. The number of amides is 2. The molecule has 2 aliphatic rings. The highest BCUT2D eigenvalue weighted by Crippen LogP contribution is 2.47. The predicted molar refractivity (Wildman–Crippen MR) is 166 cm³/mol. The van der Waals surface area contributed by atoms with Gasteiger partial charge in [-0.05, 0) is 62.5 Å². The largest absolute Gasteiger partial charge is 0.493 e. The number of nitrogens with zero attached hydrogens (tertiary/aromatic N) is 3. The van der Waals surface area contributed by atoms with E-state index in [0.29, 0.717) is 18.9 Å². The van der Waals surface area contributed by atoms with Crippen LogP contribution in [0.1, 0.15) is 28.5 Å². The number of benzene rings is 2. The Morgan fingerprint density at radius 2 is 1.77 bits per heavy atom. The lowest BCUT2D eigenvalue weighted by Crippen LogP contribution is -2.51. The van der Waals surface area contributed by atoms with Crippen molar-refractivity contribution in [3.8, 4) is 28.5 Å². The molecule has 3 heterocycles. The van der Waals surface area contributed by atoms with Crippen molar-refractivity contribution in [2.24, 2.45) is 5.73 Å². The molecule has 0 bridgehead atoms. The van der Waals surface area contributed by atoms with Crippen LogP contribution in [0.3, 0.4) is 0 Å². The number of methoxy groups -OCH3 is 1. The topological polar surface area (TPSA) is 139 Å². The number of carbonyl (C=O) groups is 2. The molecule has 1 unspecified atom stereocenters. The highest BCUT2D eigenvalue weighted by molar-refractivity contribution is 5.95. The number of ether oxygens (including phenoxy) is 3. The molecule has 0 saturated carbocycles. The normalized spacial score (nSPS) is 19.6. The van der Waals surface area contributed by atoms with Gasteiger partial charge in [-0.25, -0.2) is 9.37 Å². The molecular weight excluding hydrogens is 638 g/mol. The van der Waals surface area contributed by atoms with E-state index in [9.17, 15) is 32.3 Å². The second-order valence-corrected chi connectivity index (χ2v) is 12.1. The molecule has 1 fully saturated rings. The van der Waals surface area contributed by atoms with Crippen LogP contribution in [0.25, 0.3) is 11.3 Å². The summed E-state index contributed by atoms with van der Waals surface area (Å²) >= 11 is 0. The number of hydrogen-bond acceptors (Lipinski definition) is 9. The summed E-state index contributed by atoms with van der Waals surface area (Å²) in [6.45, 7) is 4.52. The van der Waals surface area contributed by atoms with E-state index in [-0.39, 0.29) is 40.5 Å². The molecule has 1 saturated heterocycles. The van der Waals surface area contributed by atoms with Crippen LogP contribution in [0, 0.1) is 5.82 Å². The summed E-state index contributed by atoms with van der Waals surface area (Å²) < 4.78 is 74.8. The molecule has 0 radical (unpaired) electrons. The molecule has 2 aromatic carbocycles. The fraction of sp³-hybridized carbons (Fsp3) is 0.424. The van der Waals surface area contributed by atoms with E-state index in [4.69, 9.17) is 19.9 Å². The Morgan fingerprint density at radius 3 is 2.40 bits per heavy atom. The Kier molecular flexibility index (Phi) is 9.85. The van der Waals surface area contributed by atoms with Crippen LogP contribution in [-0.2, 0) is 15.8 Å². The number of nitrogens with two attached hydrogens (primary N) is 1. The van der Waals surface area contributed by atoms with Crippen LogP contribution in [0.5, 0.6) is 17.2 Å². The highest BCUT2D eigenvalue weighted by atomic mass is 19.4. The fourth-order valence-corrected chi connectivity index (χ4v) is 5.53. The minimum Gasteiger partial charge on any atom is -0.493 e. The number of pyridine rings is 1. The molecule has 3 aromatic rings. The number of aromatic nitrogens is 1. The lowest BCUT2D eigenvalue weighted by molar-refractivity contribution is -0.265. The number of carbonyl (C=O) groups excluding carboxylic acids is 2. The lowest BCUT2D eigenvalue weighted by atomic mass is 9.81. The van der Waals surface area contributed by atoms with Crippen molar-refractivity contribution in [3.05, 3.63) is 71.2 Å². The zero-order valence-electron chi connectivity index (χ0n) is 26.7. The molecular formula is C33H37F4N5O6. The maximum Gasteiger partial charge on any atom is 0.424 e. The highest BCUT2D eigenvalue weighted by Gasteiger charge is 2.57. The molecule has 2 amide bonds. The Bertz CT molecular complexity index is 1670. The van der Waals surface area contributed by atoms with Crippen molar-refractivity contribution in [2.45, 2.75) is 24.1 Å². The Labute approximate surface area is 274 Å². The smallest absolute Gasteiger partial charge is 0.424 e. The van der Waals surface area contributed by atoms with Crippen molar-refractivity contribution >= 4 is 11.8 Å². The third-order valence-corrected chi connectivity index (χ3v) is 8.82. The number of alkyl halides is 3. The van der Waals surface area contributed by atoms with Gasteiger partial charge >= 0.3 is 6.18 Å². The Morgan fingerprint density at radius 1 is 1.08 bits per heavy atom. The number of hydrogen-bond donors (Lipinski definition) is 3. The average molecular weight is 676 g/mol. The molecule has 0 aliphatic carbocycles. The van der Waals surface area contributed by atoms with Gasteiger partial charge in [-0.2, -0.15) is 13.2 Å². The van der Waals surface area contributed by atoms with Gasteiger partial charge in [0.1, 0.15) is 35.9 Å². The van der Waals surface area contributed by atoms with Gasteiger partial charge in [-0.15, -0.1) is 0 Å². The van der Waals surface area contributed by atoms with E-state index >= 15 is 0 Å². The van der Waals surface area contributed by atoms with Crippen LogP contribution in [0.15, 0.2) is 48.5 Å². The predicted octanol–water partition coefficient (Wildman–Crippen LogP) is 2.84. The molecule has 48 heavy (non-hydrogen) atoms. The van der Waals surface area contributed by atoms with Gasteiger partial charge in [-0.3, -0.25) is 14.5 Å². The number of primary amides is 1. The third-order valence-electron chi connectivity index (χ3n) is 8.82. The first kappa shape index (κ1) is 34.9. The van der Waals surface area contributed by atoms with Gasteiger partial charge in [0.05, 0.1) is 19.3 Å². The van der Waals surface area contributed by atoms with E-state index in [0.717, 1.165) is 44.4 Å². The van der Waals surface area contributed by atoms with Gasteiger partial charge < -0.3 is 35.3 Å². The number of nitrogens with one attached hydrogen (secondary N) is 1. The first-order valence-corrected chi connectivity index (χ1v) is 15.2. The van der Waals surface area contributed by atoms with Crippen molar-refractivity contribution in [3.63, 3.8) is 0 Å². The number of piperazine rings is 1. The van der Waals surface area contributed by atoms with Gasteiger partial charge in [0, 0.05) is 49.4 Å². The number of likely N-dealkylation sites (N-methyl/N-ethyl adjacent to an activating group) is 1. The molecule has 2 aliphatic heterocycles. The molecule has 2 atom stereocenters. The van der Waals surface area contributed by atoms with Crippen molar-refractivity contribution in [1.29, 1.82) is 0 Å². The molecule has 11 nitrogen and oxygen atoms in total. The summed E-state index contributed by atoms with van der Waals surface area (Å²) in [7, 11) is 3.43. The summed E-state index contributed by atoms with van der Waals surface area (Å²) in [4.78, 5) is 34.2. The Balaban J connectivity index is 1.39. The molecule has 15 heteroatoms. The van der Waals surface area contributed by atoms with Crippen LogP contribution in [-0.4, -0.2) is 105 Å². The van der Waals surface area contributed by atoms with E-state index in [1.54, 1.807) is 0 Å². The maximum atomic E-state index is 14.7. The summed E-state index contributed by atoms with van der Waals surface area (Å²) in [5.41, 5.74) is -0.713. The average Bonchev–Trinajstić information content (AvgIpc) is 3.41. The monoisotopic (exact) mass is 675 g/mol. The maximum absolute atomic E-state index is 14.7.